The van der Waals surface area contributed by atoms with E-state index >= 15 is 0 Å². The summed E-state index contributed by atoms with van der Waals surface area (Å²) in [6, 6.07) is 14.0. The standard InChI is InChI=1S/C25H17N5O6/c31-20(12-29-22(33)14-5-1-2-6-15(14)23(29)34)27-18-9-10-26-11-19(18)28-21(32)13-30-24(35)16-7-3-4-8-17(16)25(30)36/h1-11H,12-13H2,(H,28,32)(H,26,27,31). The molecule has 178 valence electrons. The van der Waals surface area contributed by atoms with Crippen LogP contribution in [0.1, 0.15) is 41.4 Å². The van der Waals surface area contributed by atoms with Gasteiger partial charge in [-0.2, -0.15) is 0 Å². The average molecular weight is 483 g/mol. The van der Waals surface area contributed by atoms with Gasteiger partial charge in [-0.1, -0.05) is 24.3 Å². The highest BCUT2D eigenvalue weighted by atomic mass is 16.2. The molecule has 0 saturated heterocycles. The number of hydrogen-bond donors (Lipinski definition) is 2. The van der Waals surface area contributed by atoms with E-state index in [1.165, 1.54) is 42.7 Å². The Morgan fingerprint density at radius 3 is 1.42 bits per heavy atom. The van der Waals surface area contributed by atoms with Crippen molar-refractivity contribution in [1.82, 2.24) is 14.8 Å². The lowest BCUT2D eigenvalue weighted by atomic mass is 10.1. The number of hydrogen-bond acceptors (Lipinski definition) is 7. The third kappa shape index (κ3) is 3.88. The van der Waals surface area contributed by atoms with Gasteiger partial charge in [-0.25, -0.2) is 0 Å². The lowest BCUT2D eigenvalue weighted by Crippen LogP contribution is -2.38. The molecule has 2 aliphatic rings. The molecule has 11 nitrogen and oxygen atoms in total. The number of imide groups is 2. The number of fused-ring (bicyclic) bond motifs is 2. The minimum absolute atomic E-state index is 0.106. The van der Waals surface area contributed by atoms with Crippen molar-refractivity contribution < 1.29 is 28.8 Å². The van der Waals surface area contributed by atoms with Crippen molar-refractivity contribution in [1.29, 1.82) is 0 Å². The van der Waals surface area contributed by atoms with Gasteiger partial charge in [0, 0.05) is 6.20 Å². The van der Waals surface area contributed by atoms with Gasteiger partial charge < -0.3 is 10.6 Å². The van der Waals surface area contributed by atoms with Gasteiger partial charge in [0.2, 0.25) is 11.8 Å². The zero-order valence-corrected chi connectivity index (χ0v) is 18.6. The average Bonchev–Trinajstić information content (AvgIpc) is 3.26. The monoisotopic (exact) mass is 483 g/mol. The van der Waals surface area contributed by atoms with Gasteiger partial charge in [0.25, 0.3) is 23.6 Å². The lowest BCUT2D eigenvalue weighted by molar-refractivity contribution is -0.117. The number of amides is 6. The number of rotatable bonds is 6. The first kappa shape index (κ1) is 22.6. The van der Waals surface area contributed by atoms with E-state index in [1.54, 1.807) is 24.3 Å². The predicted molar refractivity (Wildman–Crippen MR) is 125 cm³/mol. The van der Waals surface area contributed by atoms with Crippen molar-refractivity contribution in [2.45, 2.75) is 0 Å². The summed E-state index contributed by atoms with van der Waals surface area (Å²) in [7, 11) is 0. The van der Waals surface area contributed by atoms with Crippen LogP contribution in [0.5, 0.6) is 0 Å². The Kier molecular flexibility index (Phi) is 5.57. The van der Waals surface area contributed by atoms with Crippen LogP contribution in [0.4, 0.5) is 11.4 Å². The fourth-order valence-electron chi connectivity index (χ4n) is 4.04. The van der Waals surface area contributed by atoms with Gasteiger partial charge in [0.15, 0.2) is 0 Å². The van der Waals surface area contributed by atoms with Crippen LogP contribution in [0, 0.1) is 0 Å². The molecule has 2 aliphatic heterocycles. The van der Waals surface area contributed by atoms with Crippen molar-refractivity contribution in [2.75, 3.05) is 23.7 Å². The topological polar surface area (TPSA) is 146 Å². The van der Waals surface area contributed by atoms with Crippen LogP contribution in [0.3, 0.4) is 0 Å². The molecule has 36 heavy (non-hydrogen) atoms. The number of carbonyl (C=O) groups excluding carboxylic acids is 6. The molecular formula is C25H17N5O6. The quantitative estimate of drug-likeness (QED) is 0.506. The smallest absolute Gasteiger partial charge is 0.262 e. The van der Waals surface area contributed by atoms with Crippen LogP contribution >= 0.6 is 0 Å². The fourth-order valence-corrected chi connectivity index (χ4v) is 4.04. The molecule has 2 aromatic carbocycles. The van der Waals surface area contributed by atoms with Crippen LogP contribution in [0.25, 0.3) is 0 Å². The molecule has 2 N–H and O–H groups in total. The number of benzene rings is 2. The van der Waals surface area contributed by atoms with Crippen molar-refractivity contribution in [2.24, 2.45) is 0 Å². The molecule has 3 aromatic rings. The van der Waals surface area contributed by atoms with E-state index in [9.17, 15) is 28.8 Å². The van der Waals surface area contributed by atoms with Crippen LogP contribution in [-0.4, -0.2) is 63.3 Å². The zero-order valence-electron chi connectivity index (χ0n) is 18.6. The highest BCUT2D eigenvalue weighted by Gasteiger charge is 2.37. The molecule has 0 radical (unpaired) electrons. The number of aromatic nitrogens is 1. The second kappa shape index (κ2) is 8.87. The highest BCUT2D eigenvalue weighted by molar-refractivity contribution is 6.23. The summed E-state index contributed by atoms with van der Waals surface area (Å²) in [6.07, 6.45) is 2.65. The molecule has 11 heteroatoms. The van der Waals surface area contributed by atoms with E-state index in [4.69, 9.17) is 0 Å². The highest BCUT2D eigenvalue weighted by Crippen LogP contribution is 2.25. The predicted octanol–water partition coefficient (Wildman–Crippen LogP) is 1.55. The van der Waals surface area contributed by atoms with Crippen LogP contribution in [0.2, 0.25) is 0 Å². The minimum atomic E-state index is -0.687. The van der Waals surface area contributed by atoms with Gasteiger partial charge in [-0.3, -0.25) is 43.6 Å². The maximum atomic E-state index is 12.7. The van der Waals surface area contributed by atoms with Gasteiger partial charge in [-0.15, -0.1) is 0 Å². The van der Waals surface area contributed by atoms with E-state index in [-0.39, 0.29) is 33.6 Å². The molecule has 1 aromatic heterocycles. The third-order valence-electron chi connectivity index (χ3n) is 5.73. The molecule has 6 amide bonds. The lowest BCUT2D eigenvalue weighted by Gasteiger charge is -2.17. The molecule has 0 fully saturated rings. The number of pyridine rings is 1. The first-order chi connectivity index (χ1) is 17.3. The van der Waals surface area contributed by atoms with E-state index in [1.807, 2.05) is 0 Å². The van der Waals surface area contributed by atoms with Crippen molar-refractivity contribution in [3.05, 3.63) is 89.2 Å². The van der Waals surface area contributed by atoms with Crippen LogP contribution < -0.4 is 10.6 Å². The Balaban J connectivity index is 1.24. The van der Waals surface area contributed by atoms with E-state index in [0.717, 1.165) is 9.80 Å². The summed E-state index contributed by atoms with van der Waals surface area (Å²) >= 11 is 0. The van der Waals surface area contributed by atoms with Gasteiger partial charge >= 0.3 is 0 Å². The summed E-state index contributed by atoms with van der Waals surface area (Å²) < 4.78 is 0. The Morgan fingerprint density at radius 1 is 0.611 bits per heavy atom. The maximum absolute atomic E-state index is 12.7. The van der Waals surface area contributed by atoms with E-state index < -0.39 is 48.5 Å². The zero-order chi connectivity index (χ0) is 25.4. The van der Waals surface area contributed by atoms with Crippen molar-refractivity contribution in [3.8, 4) is 0 Å². The van der Waals surface area contributed by atoms with Gasteiger partial charge in [-0.05, 0) is 30.3 Å². The second-order valence-corrected chi connectivity index (χ2v) is 8.00. The SMILES string of the molecule is O=C(CN1C(=O)c2ccccc2C1=O)Nc1ccncc1NC(=O)CN1C(=O)c2ccccc2C1=O. The first-order valence-electron chi connectivity index (χ1n) is 10.8. The van der Waals surface area contributed by atoms with Gasteiger partial charge in [0.1, 0.15) is 13.1 Å². The number of nitrogens with zero attached hydrogens (tertiary/aromatic N) is 3. The molecule has 0 atom stereocenters. The summed E-state index contributed by atoms with van der Waals surface area (Å²) in [5.74, 6) is -3.66. The number of anilines is 2. The molecule has 0 aliphatic carbocycles. The number of nitrogens with one attached hydrogen (secondary N) is 2. The van der Waals surface area contributed by atoms with Crippen LogP contribution in [-0.2, 0) is 9.59 Å². The fraction of sp³-hybridized carbons (Fsp3) is 0.0800. The summed E-state index contributed by atoms with van der Waals surface area (Å²) in [5.41, 5.74) is 1.15. The Labute approximate surface area is 203 Å². The Hall–Kier alpha value is -5.19. The second-order valence-electron chi connectivity index (χ2n) is 8.00. The number of carbonyl (C=O) groups is 6. The molecule has 3 heterocycles. The summed E-state index contributed by atoms with van der Waals surface area (Å²) in [6.45, 7) is -1.07. The van der Waals surface area contributed by atoms with Crippen LogP contribution in [0.15, 0.2) is 67.0 Å². The molecule has 0 unspecified atom stereocenters. The van der Waals surface area contributed by atoms with E-state index in [0.29, 0.717) is 0 Å². The maximum Gasteiger partial charge on any atom is 0.262 e. The van der Waals surface area contributed by atoms with Crippen molar-refractivity contribution in [3.63, 3.8) is 0 Å². The largest absolute Gasteiger partial charge is 0.323 e. The minimum Gasteiger partial charge on any atom is -0.323 e. The molecule has 0 spiro atoms. The molecule has 0 bridgehead atoms. The van der Waals surface area contributed by atoms with Crippen molar-refractivity contribution >= 4 is 46.8 Å². The Bertz CT molecular complexity index is 1300. The first-order valence-corrected chi connectivity index (χ1v) is 10.8. The summed E-state index contributed by atoms with van der Waals surface area (Å²) in [4.78, 5) is 80.9. The van der Waals surface area contributed by atoms with Gasteiger partial charge in [0.05, 0.1) is 39.8 Å². The van der Waals surface area contributed by atoms with E-state index in [2.05, 4.69) is 15.6 Å². The normalized spacial score (nSPS) is 14.1. The molecule has 5 rings (SSSR count). The molecular weight excluding hydrogens is 466 g/mol. The Morgan fingerprint density at radius 2 is 1.00 bits per heavy atom. The molecule has 0 saturated carbocycles. The third-order valence-corrected chi connectivity index (χ3v) is 5.73. The summed E-state index contributed by atoms with van der Waals surface area (Å²) in [5, 5.41) is 5.08.